The molecule has 9 nitrogen and oxygen atoms in total. The lowest BCUT2D eigenvalue weighted by Crippen LogP contribution is -2.12. The Labute approximate surface area is 166 Å². The first-order valence-corrected chi connectivity index (χ1v) is 10.1. The van der Waals surface area contributed by atoms with Gasteiger partial charge in [0, 0.05) is 24.3 Å². The van der Waals surface area contributed by atoms with Crippen molar-refractivity contribution in [2.45, 2.75) is 11.8 Å². The van der Waals surface area contributed by atoms with Gasteiger partial charge in [0.25, 0.3) is 5.69 Å². The number of fused-ring (bicyclic) bond motifs is 1. The second-order valence-corrected chi connectivity index (χ2v) is 7.71. The number of nitrogens with zero attached hydrogens (tertiary/aromatic N) is 1. The molecule has 0 amide bonds. The molecular formula is C19H17NO8S. The molecular weight excluding hydrogens is 402 g/mol. The highest BCUT2D eigenvalue weighted by molar-refractivity contribution is 8.01. The van der Waals surface area contributed by atoms with Crippen LogP contribution in [-0.2, 0) is 24.0 Å². The fraction of sp³-hybridized carbons (Fsp3) is 0.211. The number of nitro groups is 1. The maximum atomic E-state index is 13.1. The van der Waals surface area contributed by atoms with Gasteiger partial charge in [-0.1, -0.05) is 12.1 Å². The molecule has 1 aliphatic heterocycles. The van der Waals surface area contributed by atoms with Gasteiger partial charge in [-0.15, -0.1) is 0 Å². The Balaban J connectivity index is 2.01. The molecule has 2 aromatic rings. The van der Waals surface area contributed by atoms with Crippen molar-refractivity contribution in [3.63, 3.8) is 0 Å². The van der Waals surface area contributed by atoms with Gasteiger partial charge in [-0.2, -0.15) is 0 Å². The highest BCUT2D eigenvalue weighted by Crippen LogP contribution is 2.45. The van der Waals surface area contributed by atoms with Crippen molar-refractivity contribution in [3.8, 4) is 0 Å². The lowest BCUT2D eigenvalue weighted by molar-refractivity contribution is -0.384. The van der Waals surface area contributed by atoms with E-state index in [1.165, 1.54) is 36.4 Å². The summed E-state index contributed by atoms with van der Waals surface area (Å²) in [5, 5.41) is 10.9. The van der Waals surface area contributed by atoms with E-state index in [9.17, 15) is 23.3 Å². The molecule has 0 fully saturated rings. The van der Waals surface area contributed by atoms with Crippen molar-refractivity contribution < 1.29 is 32.3 Å². The third-order valence-corrected chi connectivity index (χ3v) is 5.97. The highest BCUT2D eigenvalue weighted by atomic mass is 32.2. The zero-order chi connectivity index (χ0) is 21.0. The van der Waals surface area contributed by atoms with Gasteiger partial charge in [-0.05, 0) is 36.8 Å². The zero-order valence-electron chi connectivity index (χ0n) is 15.4. The number of rotatable bonds is 7. The monoisotopic (exact) mass is 419 g/mol. The Morgan fingerprint density at radius 3 is 2.41 bits per heavy atom. The normalized spacial score (nSPS) is 14.4. The van der Waals surface area contributed by atoms with Gasteiger partial charge < -0.3 is 14.2 Å². The summed E-state index contributed by atoms with van der Waals surface area (Å²) >= 11 is 0. The topological polar surface area (TPSA) is 122 Å². The average molecular weight is 419 g/mol. The lowest BCUT2D eigenvalue weighted by atomic mass is 10.1. The number of carbonyl (C=O) groups excluding carboxylic acids is 1. The second kappa shape index (κ2) is 8.41. The van der Waals surface area contributed by atoms with Crippen LogP contribution in [0.1, 0.15) is 18.1 Å². The first-order valence-electron chi connectivity index (χ1n) is 8.62. The molecule has 0 unspecified atom stereocenters. The molecule has 0 radical (unpaired) electrons. The Bertz CT molecular complexity index is 1070. The Kier molecular flexibility index (Phi) is 5.95. The van der Waals surface area contributed by atoms with Crippen LogP contribution in [0.2, 0.25) is 0 Å². The van der Waals surface area contributed by atoms with E-state index < -0.39 is 20.9 Å². The van der Waals surface area contributed by atoms with Crippen LogP contribution in [0.3, 0.4) is 0 Å². The Morgan fingerprint density at radius 2 is 1.76 bits per heavy atom. The molecule has 1 heterocycles. The summed E-state index contributed by atoms with van der Waals surface area (Å²) in [5.41, 5.74) is 0.173. The van der Waals surface area contributed by atoms with E-state index in [1.807, 2.05) is 0 Å². The quantitative estimate of drug-likeness (QED) is 0.290. The summed E-state index contributed by atoms with van der Waals surface area (Å²) < 4.78 is 41.3. The molecule has 29 heavy (non-hydrogen) atoms. The highest BCUT2D eigenvalue weighted by Gasteiger charge is 2.39. The molecule has 0 spiro atoms. The number of carbonyl (C=O) groups is 1. The number of hydrogen-bond donors (Lipinski definition) is 0. The summed E-state index contributed by atoms with van der Waals surface area (Å²) in [7, 11) is -4.00. The molecule has 152 valence electrons. The maximum absolute atomic E-state index is 13.1. The predicted molar refractivity (Wildman–Crippen MR) is 102 cm³/mol. The lowest BCUT2D eigenvalue weighted by Gasteiger charge is -2.09. The van der Waals surface area contributed by atoms with Gasteiger partial charge in [-0.3, -0.25) is 10.1 Å². The summed E-state index contributed by atoms with van der Waals surface area (Å²) in [6.45, 7) is 2.37. The first-order chi connectivity index (χ1) is 13.9. The molecule has 1 aliphatic rings. The van der Waals surface area contributed by atoms with Crippen LogP contribution in [0.25, 0.3) is 10.7 Å². The fourth-order valence-electron chi connectivity index (χ4n) is 2.81. The fourth-order valence-corrected chi connectivity index (χ4v) is 4.58. The average Bonchev–Trinajstić information content (AvgIpc) is 2.92. The summed E-state index contributed by atoms with van der Waals surface area (Å²) in [5.74, 6) is -0.184. The predicted octanol–water partition coefficient (Wildman–Crippen LogP) is 3.40. The number of ether oxygens (including phenoxy) is 3. The van der Waals surface area contributed by atoms with E-state index in [1.54, 1.807) is 19.1 Å². The number of hydrogen-bond acceptors (Lipinski definition) is 8. The number of nitro benzene ring substituents is 1. The van der Waals surface area contributed by atoms with Gasteiger partial charge in [0.1, 0.15) is 11.5 Å². The minimum atomic E-state index is -4.00. The maximum Gasteiger partial charge on any atom is 0.513 e. The van der Waals surface area contributed by atoms with Gasteiger partial charge in [0.2, 0.25) is 9.84 Å². The number of benzene rings is 2. The molecule has 10 heteroatoms. The first kappa shape index (κ1) is 20.5. The van der Waals surface area contributed by atoms with Crippen LogP contribution in [0.5, 0.6) is 0 Å². The third-order valence-electron chi connectivity index (χ3n) is 4.07. The van der Waals surface area contributed by atoms with Gasteiger partial charge in [-0.25, -0.2) is 13.2 Å². The van der Waals surface area contributed by atoms with Crippen LogP contribution in [-0.4, -0.2) is 39.3 Å². The standard InChI is InChI=1S/C19H17NO8S/c1-2-26-11-12-27-19(21)28-17-15-5-3-4-6-16(15)29(24,25)18(17)13-7-9-14(10-8-13)20(22)23/h3-10H,2,11-12H2,1H3. The van der Waals surface area contributed by atoms with Crippen LogP contribution in [0.4, 0.5) is 10.5 Å². The van der Waals surface area contributed by atoms with Crippen LogP contribution in [0.15, 0.2) is 53.4 Å². The molecule has 0 aromatic heterocycles. The largest absolute Gasteiger partial charge is 0.513 e. The minimum absolute atomic E-state index is 0.0227. The smallest absolute Gasteiger partial charge is 0.432 e. The van der Waals surface area contributed by atoms with Crippen molar-refractivity contribution in [1.82, 2.24) is 0 Å². The van der Waals surface area contributed by atoms with Gasteiger partial charge in [0.15, 0.2) is 5.76 Å². The van der Waals surface area contributed by atoms with Crippen molar-refractivity contribution in [1.29, 1.82) is 0 Å². The molecule has 0 bridgehead atoms. The van der Waals surface area contributed by atoms with E-state index in [0.29, 0.717) is 6.61 Å². The third kappa shape index (κ3) is 4.13. The van der Waals surface area contributed by atoms with Gasteiger partial charge >= 0.3 is 6.16 Å². The number of non-ortho nitro benzene ring substituents is 1. The summed E-state index contributed by atoms with van der Waals surface area (Å²) in [6, 6.07) is 11.0. The van der Waals surface area contributed by atoms with E-state index >= 15 is 0 Å². The van der Waals surface area contributed by atoms with Crippen molar-refractivity contribution in [3.05, 3.63) is 69.8 Å². The molecule has 3 rings (SSSR count). The van der Waals surface area contributed by atoms with E-state index in [0.717, 1.165) is 0 Å². The van der Waals surface area contributed by atoms with Crippen molar-refractivity contribution in [2.75, 3.05) is 19.8 Å². The number of sulfone groups is 1. The van der Waals surface area contributed by atoms with E-state index in [2.05, 4.69) is 0 Å². The van der Waals surface area contributed by atoms with Crippen LogP contribution in [0, 0.1) is 10.1 Å². The molecule has 0 atom stereocenters. The van der Waals surface area contributed by atoms with Crippen molar-refractivity contribution in [2.24, 2.45) is 0 Å². The molecule has 0 saturated heterocycles. The Hall–Kier alpha value is -3.24. The van der Waals surface area contributed by atoms with E-state index in [4.69, 9.17) is 14.2 Å². The molecule has 0 N–H and O–H groups in total. The van der Waals surface area contributed by atoms with Crippen LogP contribution >= 0.6 is 0 Å². The van der Waals surface area contributed by atoms with Crippen molar-refractivity contribution >= 4 is 32.3 Å². The molecule has 2 aromatic carbocycles. The van der Waals surface area contributed by atoms with Gasteiger partial charge in [0.05, 0.1) is 16.4 Å². The summed E-state index contributed by atoms with van der Waals surface area (Å²) in [4.78, 5) is 22.1. The molecule has 0 aliphatic carbocycles. The molecule has 0 saturated carbocycles. The summed E-state index contributed by atoms with van der Waals surface area (Å²) in [6.07, 6.45) is -1.08. The second-order valence-electron chi connectivity index (χ2n) is 5.86. The zero-order valence-corrected chi connectivity index (χ0v) is 16.2. The minimum Gasteiger partial charge on any atom is -0.432 e. The van der Waals surface area contributed by atoms with Crippen LogP contribution < -0.4 is 0 Å². The SMILES string of the molecule is CCOCCOC(=O)OC1=C(c2ccc([N+](=O)[O-])cc2)S(=O)(=O)c2ccccc21. The Morgan fingerprint density at radius 1 is 1.07 bits per heavy atom. The van der Waals surface area contributed by atoms with E-state index in [-0.39, 0.29) is 45.6 Å².